The van der Waals surface area contributed by atoms with Gasteiger partial charge >= 0.3 is 0 Å². The molecular formula is C18H30N4O. The van der Waals surface area contributed by atoms with Gasteiger partial charge in [0.2, 0.25) is 5.91 Å². The lowest BCUT2D eigenvalue weighted by Crippen LogP contribution is -2.45. The summed E-state index contributed by atoms with van der Waals surface area (Å²) in [6, 6.07) is 0.317. The molecule has 1 aliphatic carbocycles. The Morgan fingerprint density at radius 2 is 2.17 bits per heavy atom. The number of carbonyl (C=O) groups is 1. The third-order valence-corrected chi connectivity index (χ3v) is 5.68. The zero-order valence-corrected chi connectivity index (χ0v) is 14.7. The van der Waals surface area contributed by atoms with E-state index in [1.807, 2.05) is 13.1 Å². The van der Waals surface area contributed by atoms with Crippen LogP contribution in [0.1, 0.15) is 50.5 Å². The van der Waals surface area contributed by atoms with Gasteiger partial charge in [0.05, 0.1) is 5.69 Å². The van der Waals surface area contributed by atoms with Crippen LogP contribution in [0.2, 0.25) is 0 Å². The molecule has 0 bridgehead atoms. The molecule has 2 atom stereocenters. The normalized spacial score (nSPS) is 25.5. The number of hydrogen-bond acceptors (Lipinski definition) is 3. The Kier molecular flexibility index (Phi) is 5.05. The minimum atomic E-state index is 0.283. The number of carbonyl (C=O) groups excluding carboxylic acids is 1. The van der Waals surface area contributed by atoms with Crippen molar-refractivity contribution in [3.8, 4) is 0 Å². The summed E-state index contributed by atoms with van der Waals surface area (Å²) < 4.78 is 2.16. The molecule has 23 heavy (non-hydrogen) atoms. The first-order valence-electron chi connectivity index (χ1n) is 9.08. The van der Waals surface area contributed by atoms with Crippen LogP contribution in [0.5, 0.6) is 0 Å². The maximum absolute atomic E-state index is 12.3. The van der Waals surface area contributed by atoms with Gasteiger partial charge in [0.15, 0.2) is 0 Å². The van der Waals surface area contributed by atoms with Gasteiger partial charge in [-0.15, -0.1) is 0 Å². The summed E-state index contributed by atoms with van der Waals surface area (Å²) in [6.45, 7) is 7.24. The molecule has 1 aliphatic heterocycles. The molecule has 5 nitrogen and oxygen atoms in total. The highest BCUT2D eigenvalue weighted by molar-refractivity contribution is 5.79. The summed E-state index contributed by atoms with van der Waals surface area (Å²) in [5, 5.41) is 3.35. The highest BCUT2D eigenvalue weighted by Crippen LogP contribution is 2.28. The second-order valence-electron chi connectivity index (χ2n) is 7.34. The van der Waals surface area contributed by atoms with E-state index in [1.54, 1.807) is 0 Å². The molecule has 2 aliphatic rings. The average Bonchev–Trinajstić information content (AvgIpc) is 2.96. The minimum Gasteiger partial charge on any atom is -0.352 e. The molecule has 1 aromatic rings. The van der Waals surface area contributed by atoms with Crippen molar-refractivity contribution in [2.24, 2.45) is 18.9 Å². The Balaban J connectivity index is 1.60. The third-order valence-electron chi connectivity index (χ3n) is 5.68. The fraction of sp³-hybridized carbons (Fsp3) is 0.778. The van der Waals surface area contributed by atoms with E-state index in [0.717, 1.165) is 38.3 Å². The van der Waals surface area contributed by atoms with Crippen molar-refractivity contribution in [1.82, 2.24) is 19.8 Å². The van der Waals surface area contributed by atoms with Crippen LogP contribution in [0.4, 0.5) is 0 Å². The molecule has 3 rings (SSSR count). The lowest BCUT2D eigenvalue weighted by molar-refractivity contribution is -0.128. The maximum atomic E-state index is 12.3. The van der Waals surface area contributed by atoms with Crippen LogP contribution in [0, 0.1) is 18.8 Å². The van der Waals surface area contributed by atoms with Crippen molar-refractivity contribution >= 4 is 5.91 Å². The van der Waals surface area contributed by atoms with E-state index in [-0.39, 0.29) is 5.92 Å². The lowest BCUT2D eigenvalue weighted by atomic mass is 9.84. The standard InChI is InChI=1S/C18H30N4O/c1-4-6-15-10-22(11-16-9-19-13(2)21(16)3)12-17(15)20-18(23)14-7-5-8-14/h9,14-15,17H,4-8,10-12H2,1-3H3,(H,20,23)/t15-,17-/m1/s1. The van der Waals surface area contributed by atoms with Crippen LogP contribution in [0.15, 0.2) is 6.20 Å². The number of rotatable bonds is 6. The highest BCUT2D eigenvalue weighted by atomic mass is 16.2. The largest absolute Gasteiger partial charge is 0.352 e. The average molecular weight is 318 g/mol. The Bertz CT molecular complexity index is 549. The molecule has 1 saturated carbocycles. The Hall–Kier alpha value is -1.36. The first-order valence-corrected chi connectivity index (χ1v) is 9.08. The molecule has 1 aromatic heterocycles. The molecule has 1 N–H and O–H groups in total. The van der Waals surface area contributed by atoms with E-state index in [4.69, 9.17) is 0 Å². The van der Waals surface area contributed by atoms with Crippen LogP contribution >= 0.6 is 0 Å². The number of likely N-dealkylation sites (tertiary alicyclic amines) is 1. The highest BCUT2D eigenvalue weighted by Gasteiger charge is 2.35. The Labute approximate surface area is 139 Å². The number of hydrogen-bond donors (Lipinski definition) is 1. The van der Waals surface area contributed by atoms with Gasteiger partial charge in [0.1, 0.15) is 5.82 Å². The van der Waals surface area contributed by atoms with E-state index in [9.17, 15) is 4.79 Å². The first-order chi connectivity index (χ1) is 11.1. The molecular weight excluding hydrogens is 288 g/mol. The molecule has 5 heteroatoms. The van der Waals surface area contributed by atoms with Gasteiger partial charge in [-0.2, -0.15) is 0 Å². The zero-order chi connectivity index (χ0) is 16.4. The third kappa shape index (κ3) is 3.60. The Morgan fingerprint density at radius 1 is 1.39 bits per heavy atom. The fourth-order valence-corrected chi connectivity index (χ4v) is 3.81. The van der Waals surface area contributed by atoms with Crippen LogP contribution in [0.25, 0.3) is 0 Å². The van der Waals surface area contributed by atoms with Crippen molar-refractivity contribution in [3.63, 3.8) is 0 Å². The number of aromatic nitrogens is 2. The van der Waals surface area contributed by atoms with Crippen LogP contribution in [-0.4, -0.2) is 39.5 Å². The molecule has 2 heterocycles. The van der Waals surface area contributed by atoms with E-state index in [0.29, 0.717) is 17.9 Å². The molecule has 1 amide bonds. The maximum Gasteiger partial charge on any atom is 0.223 e. The molecule has 2 fully saturated rings. The number of nitrogens with one attached hydrogen (secondary N) is 1. The number of nitrogens with zero attached hydrogens (tertiary/aromatic N) is 3. The smallest absolute Gasteiger partial charge is 0.223 e. The summed E-state index contributed by atoms with van der Waals surface area (Å²) in [5.41, 5.74) is 1.25. The number of amides is 1. The topological polar surface area (TPSA) is 50.2 Å². The fourth-order valence-electron chi connectivity index (χ4n) is 3.81. The van der Waals surface area contributed by atoms with Gasteiger partial charge in [-0.1, -0.05) is 19.8 Å². The second-order valence-corrected chi connectivity index (χ2v) is 7.34. The van der Waals surface area contributed by atoms with E-state index >= 15 is 0 Å². The van der Waals surface area contributed by atoms with Crippen molar-refractivity contribution in [2.75, 3.05) is 13.1 Å². The summed E-state index contributed by atoms with van der Waals surface area (Å²) >= 11 is 0. The predicted molar refractivity (Wildman–Crippen MR) is 90.9 cm³/mol. The van der Waals surface area contributed by atoms with Gasteiger partial charge in [-0.05, 0) is 32.1 Å². The van der Waals surface area contributed by atoms with Crippen LogP contribution in [-0.2, 0) is 18.4 Å². The second kappa shape index (κ2) is 7.04. The molecule has 0 radical (unpaired) electrons. The molecule has 1 saturated heterocycles. The summed E-state index contributed by atoms with van der Waals surface area (Å²) in [4.78, 5) is 19.2. The SMILES string of the molecule is CCC[C@@H]1CN(Cc2cnc(C)n2C)C[C@H]1NC(=O)C1CCC1. The lowest BCUT2D eigenvalue weighted by Gasteiger charge is -2.27. The first kappa shape index (κ1) is 16.5. The summed E-state index contributed by atoms with van der Waals surface area (Å²) in [7, 11) is 2.08. The summed E-state index contributed by atoms with van der Waals surface area (Å²) in [6.07, 6.45) is 7.72. The monoisotopic (exact) mass is 318 g/mol. The van der Waals surface area contributed by atoms with Gasteiger partial charge in [0, 0.05) is 44.8 Å². The zero-order valence-electron chi connectivity index (χ0n) is 14.7. The predicted octanol–water partition coefficient (Wildman–Crippen LogP) is 2.25. The van der Waals surface area contributed by atoms with E-state index in [1.165, 1.54) is 25.0 Å². The number of imidazole rings is 1. The van der Waals surface area contributed by atoms with Crippen molar-refractivity contribution in [3.05, 3.63) is 17.7 Å². The van der Waals surface area contributed by atoms with Gasteiger partial charge in [0.25, 0.3) is 0 Å². The van der Waals surface area contributed by atoms with E-state index < -0.39 is 0 Å². The van der Waals surface area contributed by atoms with Crippen molar-refractivity contribution in [2.45, 2.75) is 58.5 Å². The van der Waals surface area contributed by atoms with Crippen LogP contribution in [0.3, 0.4) is 0 Å². The number of aryl methyl sites for hydroxylation is 1. The van der Waals surface area contributed by atoms with Crippen molar-refractivity contribution in [1.29, 1.82) is 0 Å². The van der Waals surface area contributed by atoms with Crippen LogP contribution < -0.4 is 5.32 Å². The summed E-state index contributed by atoms with van der Waals surface area (Å²) in [5.74, 6) is 2.21. The molecule has 0 aromatic carbocycles. The quantitative estimate of drug-likeness (QED) is 0.875. The van der Waals surface area contributed by atoms with Gasteiger partial charge in [-0.3, -0.25) is 9.69 Å². The van der Waals surface area contributed by atoms with Crippen molar-refractivity contribution < 1.29 is 4.79 Å². The Morgan fingerprint density at radius 3 is 2.74 bits per heavy atom. The van der Waals surface area contributed by atoms with E-state index in [2.05, 4.69) is 33.7 Å². The minimum absolute atomic E-state index is 0.283. The molecule has 128 valence electrons. The van der Waals surface area contributed by atoms with Gasteiger partial charge in [-0.25, -0.2) is 4.98 Å². The van der Waals surface area contributed by atoms with Gasteiger partial charge < -0.3 is 9.88 Å². The molecule has 0 spiro atoms. The molecule has 0 unspecified atom stereocenters.